The molecule has 5 nitrogen and oxygen atoms in total. The number of nitrogens with zero attached hydrogens (tertiary/aromatic N) is 1. The smallest absolute Gasteiger partial charge is 0.352 e. The highest BCUT2D eigenvalue weighted by Crippen LogP contribution is 2.29. The van der Waals surface area contributed by atoms with E-state index < -0.39 is 22.6 Å². The van der Waals surface area contributed by atoms with Crippen molar-refractivity contribution >= 4 is 11.6 Å². The first-order chi connectivity index (χ1) is 11.3. The average Bonchev–Trinajstić information content (AvgIpc) is 2.54. The predicted octanol–water partition coefficient (Wildman–Crippen LogP) is 3.59. The van der Waals surface area contributed by atoms with Crippen LogP contribution in [0, 0.1) is 10.1 Å². The highest BCUT2D eigenvalue weighted by atomic mass is 19.4. The van der Waals surface area contributed by atoms with Crippen molar-refractivity contribution in [3.05, 3.63) is 75.3 Å². The van der Waals surface area contributed by atoms with E-state index in [0.29, 0.717) is 12.0 Å². The number of halogens is 3. The average molecular weight is 338 g/mol. The normalized spacial score (nSPS) is 11.1. The lowest BCUT2D eigenvalue weighted by atomic mass is 10.1. The molecule has 0 aliphatic heterocycles. The summed E-state index contributed by atoms with van der Waals surface area (Å²) in [6.45, 7) is 0.201. The molecule has 0 aliphatic carbocycles. The largest absolute Gasteiger partial charge is 0.416 e. The van der Waals surface area contributed by atoms with Gasteiger partial charge >= 0.3 is 6.18 Å². The lowest BCUT2D eigenvalue weighted by Gasteiger charge is -2.08. The van der Waals surface area contributed by atoms with E-state index in [-0.39, 0.29) is 17.8 Å². The topological polar surface area (TPSA) is 72.2 Å². The third kappa shape index (κ3) is 4.55. The Bertz CT molecular complexity index is 743. The SMILES string of the molecule is O=C(NCCc1ccc(C(F)(F)F)cc1)c1cccc([N+](=O)[O-])c1. The molecule has 0 spiro atoms. The Morgan fingerprint density at radius 3 is 2.38 bits per heavy atom. The number of nitro benzene ring substituents is 1. The number of carbonyl (C=O) groups is 1. The van der Waals surface area contributed by atoms with E-state index in [4.69, 9.17) is 0 Å². The Morgan fingerprint density at radius 1 is 1.12 bits per heavy atom. The number of benzene rings is 2. The fourth-order valence-electron chi connectivity index (χ4n) is 2.04. The van der Waals surface area contributed by atoms with Gasteiger partial charge in [-0.3, -0.25) is 14.9 Å². The van der Waals surface area contributed by atoms with Crippen LogP contribution in [0.3, 0.4) is 0 Å². The molecule has 0 fully saturated rings. The number of non-ortho nitro benzene ring substituents is 1. The number of amides is 1. The molecule has 0 heterocycles. The third-order valence-electron chi connectivity index (χ3n) is 3.30. The molecule has 0 aromatic heterocycles. The first-order valence-electron chi connectivity index (χ1n) is 6.96. The van der Waals surface area contributed by atoms with Crippen LogP contribution in [0.1, 0.15) is 21.5 Å². The highest BCUT2D eigenvalue weighted by molar-refractivity contribution is 5.94. The molecule has 24 heavy (non-hydrogen) atoms. The Balaban J connectivity index is 1.91. The van der Waals surface area contributed by atoms with Crippen molar-refractivity contribution < 1.29 is 22.9 Å². The first-order valence-corrected chi connectivity index (χ1v) is 6.96. The summed E-state index contributed by atoms with van der Waals surface area (Å²) in [6, 6.07) is 9.95. The summed E-state index contributed by atoms with van der Waals surface area (Å²) in [4.78, 5) is 22.0. The van der Waals surface area contributed by atoms with E-state index in [1.165, 1.54) is 30.3 Å². The summed E-state index contributed by atoms with van der Waals surface area (Å²) in [5.74, 6) is -0.481. The van der Waals surface area contributed by atoms with Gasteiger partial charge in [-0.25, -0.2) is 0 Å². The van der Waals surface area contributed by atoms with Crippen molar-refractivity contribution in [3.63, 3.8) is 0 Å². The van der Waals surface area contributed by atoms with Crippen LogP contribution in [-0.4, -0.2) is 17.4 Å². The Labute approximate surface area is 135 Å². The number of carbonyl (C=O) groups excluding carboxylic acids is 1. The van der Waals surface area contributed by atoms with Crippen LogP contribution >= 0.6 is 0 Å². The number of alkyl halides is 3. The molecule has 0 aliphatic rings. The summed E-state index contributed by atoms with van der Waals surface area (Å²) in [5, 5.41) is 13.2. The molecule has 8 heteroatoms. The van der Waals surface area contributed by atoms with Gasteiger partial charge in [-0.1, -0.05) is 18.2 Å². The van der Waals surface area contributed by atoms with E-state index in [9.17, 15) is 28.1 Å². The van der Waals surface area contributed by atoms with Gasteiger partial charge < -0.3 is 5.32 Å². The summed E-state index contributed by atoms with van der Waals surface area (Å²) >= 11 is 0. The van der Waals surface area contributed by atoms with Crippen molar-refractivity contribution in [2.45, 2.75) is 12.6 Å². The predicted molar refractivity (Wildman–Crippen MR) is 80.6 cm³/mol. The third-order valence-corrected chi connectivity index (χ3v) is 3.30. The quantitative estimate of drug-likeness (QED) is 0.669. The maximum Gasteiger partial charge on any atom is 0.416 e. The molecular formula is C16H13F3N2O3. The maximum atomic E-state index is 12.4. The van der Waals surface area contributed by atoms with Crippen LogP contribution in [0.25, 0.3) is 0 Å². The van der Waals surface area contributed by atoms with Gasteiger partial charge in [0.25, 0.3) is 11.6 Å². The van der Waals surface area contributed by atoms with E-state index in [0.717, 1.165) is 18.2 Å². The molecule has 0 unspecified atom stereocenters. The minimum atomic E-state index is -4.38. The van der Waals surface area contributed by atoms with Gasteiger partial charge in [0.05, 0.1) is 10.5 Å². The minimum absolute atomic E-state index is 0.150. The summed E-state index contributed by atoms with van der Waals surface area (Å²) in [5.41, 5.74) is -0.128. The van der Waals surface area contributed by atoms with Gasteiger partial charge in [-0.2, -0.15) is 13.2 Å². The number of hydrogen-bond donors (Lipinski definition) is 1. The first kappa shape index (κ1) is 17.5. The lowest BCUT2D eigenvalue weighted by Crippen LogP contribution is -2.25. The molecule has 2 aromatic carbocycles. The van der Waals surface area contributed by atoms with Crippen molar-refractivity contribution in [1.82, 2.24) is 5.32 Å². The van der Waals surface area contributed by atoms with Crippen LogP contribution in [0.4, 0.5) is 18.9 Å². The van der Waals surface area contributed by atoms with Crippen molar-refractivity contribution in [1.29, 1.82) is 0 Å². The van der Waals surface area contributed by atoms with Gasteiger partial charge in [0.1, 0.15) is 0 Å². The molecule has 126 valence electrons. The van der Waals surface area contributed by atoms with Crippen LogP contribution in [0.15, 0.2) is 48.5 Å². The molecular weight excluding hydrogens is 325 g/mol. The van der Waals surface area contributed by atoms with E-state index in [1.807, 2.05) is 0 Å². The Hall–Kier alpha value is -2.90. The molecule has 0 saturated carbocycles. The summed E-state index contributed by atoms with van der Waals surface area (Å²) < 4.78 is 37.3. The van der Waals surface area contributed by atoms with Crippen molar-refractivity contribution in [2.75, 3.05) is 6.54 Å². The zero-order chi connectivity index (χ0) is 17.7. The van der Waals surface area contributed by atoms with Crippen molar-refractivity contribution in [3.8, 4) is 0 Å². The second kappa shape index (κ2) is 7.12. The Kier molecular flexibility index (Phi) is 5.18. The van der Waals surface area contributed by atoms with Gasteiger partial charge in [0.15, 0.2) is 0 Å². The maximum absolute atomic E-state index is 12.4. The molecule has 2 aromatic rings. The van der Waals surface area contributed by atoms with Crippen LogP contribution in [0.5, 0.6) is 0 Å². The standard InChI is InChI=1S/C16H13F3N2O3/c17-16(18,19)13-6-4-11(5-7-13)8-9-20-15(22)12-2-1-3-14(10-12)21(23)24/h1-7,10H,8-9H2,(H,20,22). The minimum Gasteiger partial charge on any atom is -0.352 e. The van der Waals surface area contributed by atoms with Gasteiger partial charge in [-0.05, 0) is 30.2 Å². The second-order valence-electron chi connectivity index (χ2n) is 5.01. The fraction of sp³-hybridized carbons (Fsp3) is 0.188. The monoisotopic (exact) mass is 338 g/mol. The lowest BCUT2D eigenvalue weighted by molar-refractivity contribution is -0.384. The molecule has 0 saturated heterocycles. The molecule has 1 N–H and O–H groups in total. The van der Waals surface area contributed by atoms with Gasteiger partial charge in [0.2, 0.25) is 0 Å². The zero-order valence-electron chi connectivity index (χ0n) is 12.3. The van der Waals surface area contributed by atoms with E-state index in [1.54, 1.807) is 0 Å². The molecule has 0 radical (unpaired) electrons. The Morgan fingerprint density at radius 2 is 1.79 bits per heavy atom. The summed E-state index contributed by atoms with van der Waals surface area (Å²) in [6.07, 6.45) is -4.03. The van der Waals surface area contributed by atoms with Gasteiger partial charge in [0, 0.05) is 24.2 Å². The van der Waals surface area contributed by atoms with E-state index in [2.05, 4.69) is 5.32 Å². The second-order valence-corrected chi connectivity index (χ2v) is 5.01. The summed E-state index contributed by atoms with van der Waals surface area (Å²) in [7, 11) is 0. The van der Waals surface area contributed by atoms with Crippen LogP contribution in [0.2, 0.25) is 0 Å². The molecule has 2 rings (SSSR count). The number of rotatable bonds is 5. The molecule has 1 amide bonds. The number of nitrogens with one attached hydrogen (secondary N) is 1. The fourth-order valence-corrected chi connectivity index (χ4v) is 2.04. The van der Waals surface area contributed by atoms with Crippen LogP contribution in [-0.2, 0) is 12.6 Å². The number of hydrogen-bond acceptors (Lipinski definition) is 3. The molecule has 0 bridgehead atoms. The van der Waals surface area contributed by atoms with E-state index >= 15 is 0 Å². The van der Waals surface area contributed by atoms with Gasteiger partial charge in [-0.15, -0.1) is 0 Å². The molecule has 0 atom stereocenters. The zero-order valence-corrected chi connectivity index (χ0v) is 12.3. The van der Waals surface area contributed by atoms with Crippen molar-refractivity contribution in [2.24, 2.45) is 0 Å². The highest BCUT2D eigenvalue weighted by Gasteiger charge is 2.29. The number of nitro groups is 1. The van der Waals surface area contributed by atoms with Crippen LogP contribution < -0.4 is 5.32 Å².